The highest BCUT2D eigenvalue weighted by Gasteiger charge is 2.26. The van der Waals surface area contributed by atoms with Gasteiger partial charge in [0.1, 0.15) is 6.61 Å². The van der Waals surface area contributed by atoms with Gasteiger partial charge in [0, 0.05) is 0 Å². The van der Waals surface area contributed by atoms with Gasteiger partial charge in [-0.15, -0.1) is 0 Å². The van der Waals surface area contributed by atoms with E-state index in [1.54, 1.807) is 0 Å². The average molecular weight is 183 g/mol. The van der Waals surface area contributed by atoms with Gasteiger partial charge in [0.05, 0.1) is 13.1 Å². The van der Waals surface area contributed by atoms with Gasteiger partial charge in [-0.05, 0) is 0 Å². The van der Waals surface area contributed by atoms with Crippen LogP contribution in [0.15, 0.2) is 5.16 Å². The van der Waals surface area contributed by atoms with E-state index in [0.29, 0.717) is 0 Å². The normalized spacial score (nSPS) is 13.4. The molecule has 7 heteroatoms. The molecular weight excluding hydrogens is 172 g/mol. The van der Waals surface area contributed by atoms with Crippen LogP contribution < -0.4 is 11.1 Å². The predicted molar refractivity (Wildman–Crippen MR) is 38.3 cm³/mol. The number of halogens is 2. The fourth-order valence-electron chi connectivity index (χ4n) is 0.465. The Morgan fingerprint density at radius 1 is 1.58 bits per heavy atom. The van der Waals surface area contributed by atoms with Gasteiger partial charge in [-0.2, -0.15) is 0 Å². The molecule has 0 atom stereocenters. The highest BCUT2D eigenvalue weighted by atomic mass is 19.3. The number of hydrogen-bond donors (Lipinski definition) is 4. The first kappa shape index (κ1) is 11.1. The van der Waals surface area contributed by atoms with E-state index in [9.17, 15) is 8.78 Å². The van der Waals surface area contributed by atoms with E-state index in [-0.39, 0.29) is 12.4 Å². The lowest BCUT2D eigenvalue weighted by molar-refractivity contribution is -0.0467. The molecule has 0 aromatic heterocycles. The molecule has 12 heavy (non-hydrogen) atoms. The van der Waals surface area contributed by atoms with Gasteiger partial charge in [-0.3, -0.25) is 0 Å². The highest BCUT2D eigenvalue weighted by Crippen LogP contribution is 2.09. The van der Waals surface area contributed by atoms with Crippen LogP contribution in [0.2, 0.25) is 0 Å². The van der Waals surface area contributed by atoms with Gasteiger partial charge in [0.15, 0.2) is 5.84 Å². The van der Waals surface area contributed by atoms with Crippen molar-refractivity contribution in [1.82, 2.24) is 5.32 Å². The molecule has 5 nitrogen and oxygen atoms in total. The van der Waals surface area contributed by atoms with Crippen LogP contribution in [0.25, 0.3) is 0 Å². The molecule has 0 bridgehead atoms. The fourth-order valence-corrected chi connectivity index (χ4v) is 0.465. The summed E-state index contributed by atoms with van der Waals surface area (Å²) >= 11 is 0. The van der Waals surface area contributed by atoms with E-state index in [4.69, 9.17) is 16.0 Å². The number of nitrogens with two attached hydrogens (primary N) is 1. The molecule has 0 unspecified atom stereocenters. The van der Waals surface area contributed by atoms with Crippen molar-refractivity contribution in [3.05, 3.63) is 0 Å². The molecule has 0 saturated carbocycles. The molecule has 0 radical (unpaired) electrons. The summed E-state index contributed by atoms with van der Waals surface area (Å²) in [4.78, 5) is 0. The Hall–Kier alpha value is -0.950. The minimum atomic E-state index is -3.17. The number of hydrogen-bond acceptors (Lipinski definition) is 4. The van der Waals surface area contributed by atoms with E-state index >= 15 is 0 Å². The second-order valence-electron chi connectivity index (χ2n) is 2.21. The number of aliphatic hydroxyl groups is 1. The van der Waals surface area contributed by atoms with Crippen LogP contribution >= 0.6 is 0 Å². The van der Waals surface area contributed by atoms with Gasteiger partial charge >= 0.3 is 0 Å². The second kappa shape index (κ2) is 4.83. The van der Waals surface area contributed by atoms with Gasteiger partial charge in [-0.1, -0.05) is 5.16 Å². The molecule has 0 saturated heterocycles. The molecule has 0 amide bonds. The van der Waals surface area contributed by atoms with Crippen LogP contribution in [-0.2, 0) is 0 Å². The van der Waals surface area contributed by atoms with Crippen molar-refractivity contribution in [1.29, 1.82) is 0 Å². The summed E-state index contributed by atoms with van der Waals surface area (Å²) in [5.41, 5.74) is 4.97. The third-order valence-corrected chi connectivity index (χ3v) is 1.05. The van der Waals surface area contributed by atoms with Crippen LogP contribution in [0.4, 0.5) is 8.78 Å². The highest BCUT2D eigenvalue weighted by molar-refractivity contribution is 5.81. The quantitative estimate of drug-likeness (QED) is 0.189. The largest absolute Gasteiger partial charge is 0.409 e. The lowest BCUT2D eigenvalue weighted by Gasteiger charge is -2.12. The van der Waals surface area contributed by atoms with Crippen LogP contribution in [0.1, 0.15) is 0 Å². The van der Waals surface area contributed by atoms with Crippen LogP contribution in [-0.4, -0.2) is 41.8 Å². The molecule has 0 spiro atoms. The minimum absolute atomic E-state index is 0.147. The number of nitrogens with one attached hydrogen (secondary N) is 1. The van der Waals surface area contributed by atoms with Gasteiger partial charge in [-0.25, -0.2) is 8.78 Å². The first-order chi connectivity index (χ1) is 5.52. The molecule has 0 aromatic rings. The molecule has 5 N–H and O–H groups in total. The van der Waals surface area contributed by atoms with Crippen LogP contribution in [0.3, 0.4) is 0 Å². The molecule has 72 valence electrons. The van der Waals surface area contributed by atoms with Crippen LogP contribution in [0.5, 0.6) is 0 Å². The summed E-state index contributed by atoms with van der Waals surface area (Å²) < 4.78 is 24.5. The van der Waals surface area contributed by atoms with E-state index in [0.717, 1.165) is 0 Å². The van der Waals surface area contributed by atoms with Crippen molar-refractivity contribution < 1.29 is 19.1 Å². The fraction of sp³-hybridized carbons (Fsp3) is 0.800. The summed E-state index contributed by atoms with van der Waals surface area (Å²) in [5.74, 6) is -3.36. The maximum absolute atomic E-state index is 12.3. The van der Waals surface area contributed by atoms with Gasteiger partial charge in [0.25, 0.3) is 5.92 Å². The SMILES string of the molecule is NC(CNCC(F)(F)CO)=NO. The van der Waals surface area contributed by atoms with E-state index in [1.165, 1.54) is 0 Å². The van der Waals surface area contributed by atoms with E-state index in [1.807, 2.05) is 0 Å². The zero-order valence-electron chi connectivity index (χ0n) is 6.30. The van der Waals surface area contributed by atoms with Crippen LogP contribution in [0, 0.1) is 0 Å². The smallest absolute Gasteiger partial charge is 0.282 e. The zero-order chi connectivity index (χ0) is 9.61. The van der Waals surface area contributed by atoms with Gasteiger partial charge in [0.2, 0.25) is 0 Å². The van der Waals surface area contributed by atoms with Crippen molar-refractivity contribution in [2.75, 3.05) is 19.7 Å². The number of aliphatic hydroxyl groups excluding tert-OH is 1. The number of rotatable bonds is 5. The van der Waals surface area contributed by atoms with E-state index < -0.39 is 19.1 Å². The number of amidine groups is 1. The number of oxime groups is 1. The molecule has 0 aliphatic carbocycles. The lowest BCUT2D eigenvalue weighted by Crippen LogP contribution is -2.39. The topological polar surface area (TPSA) is 90.9 Å². The van der Waals surface area contributed by atoms with Crippen molar-refractivity contribution in [3.63, 3.8) is 0 Å². The summed E-state index contributed by atoms with van der Waals surface area (Å²) in [6.07, 6.45) is 0. The minimum Gasteiger partial charge on any atom is -0.409 e. The zero-order valence-corrected chi connectivity index (χ0v) is 6.30. The average Bonchev–Trinajstić information content (AvgIpc) is 2.04. The predicted octanol–water partition coefficient (Wildman–Crippen LogP) is -1.05. The maximum Gasteiger partial charge on any atom is 0.282 e. The van der Waals surface area contributed by atoms with Crippen molar-refractivity contribution >= 4 is 5.84 Å². The van der Waals surface area contributed by atoms with Crippen molar-refractivity contribution in [2.24, 2.45) is 10.9 Å². The maximum atomic E-state index is 12.3. The number of alkyl halides is 2. The lowest BCUT2D eigenvalue weighted by atomic mass is 10.3. The third kappa shape index (κ3) is 4.80. The Bertz CT molecular complexity index is 163. The summed E-state index contributed by atoms with van der Waals surface area (Å²) in [6, 6.07) is 0. The first-order valence-electron chi connectivity index (χ1n) is 3.17. The molecule has 0 aromatic carbocycles. The van der Waals surface area contributed by atoms with E-state index in [2.05, 4.69) is 10.5 Å². The Morgan fingerprint density at radius 2 is 2.17 bits per heavy atom. The standard InChI is InChI=1S/C5H11F2N3O2/c6-5(7,3-11)2-9-1-4(8)10-12/h9,11-12H,1-3H2,(H2,8,10). The number of nitrogens with zero attached hydrogens (tertiary/aromatic N) is 1. The Kier molecular flexibility index (Phi) is 4.45. The van der Waals surface area contributed by atoms with Gasteiger partial charge < -0.3 is 21.4 Å². The molecular formula is C5H11F2N3O2. The molecule has 0 fully saturated rings. The summed E-state index contributed by atoms with van der Waals surface area (Å²) in [5, 5.41) is 20.9. The summed E-state index contributed by atoms with van der Waals surface area (Å²) in [7, 11) is 0. The molecule has 0 heterocycles. The molecule has 0 rings (SSSR count). The first-order valence-corrected chi connectivity index (χ1v) is 3.17. The molecule has 0 aliphatic rings. The second-order valence-corrected chi connectivity index (χ2v) is 2.21. The Labute approximate surface area is 67.9 Å². The van der Waals surface area contributed by atoms with Crippen molar-refractivity contribution in [3.8, 4) is 0 Å². The molecule has 0 aliphatic heterocycles. The summed E-state index contributed by atoms with van der Waals surface area (Å²) in [6.45, 7) is -2.08. The van der Waals surface area contributed by atoms with Crippen molar-refractivity contribution in [2.45, 2.75) is 5.92 Å². The Balaban J connectivity index is 3.56. The Morgan fingerprint density at radius 3 is 2.58 bits per heavy atom. The monoisotopic (exact) mass is 183 g/mol. The third-order valence-electron chi connectivity index (χ3n) is 1.05.